The third-order valence-corrected chi connectivity index (χ3v) is 3.53. The van der Waals surface area contributed by atoms with Crippen LogP contribution in [0.5, 0.6) is 5.75 Å². The van der Waals surface area contributed by atoms with E-state index in [4.69, 9.17) is 4.74 Å². The Kier molecular flexibility index (Phi) is 4.42. The van der Waals surface area contributed by atoms with Gasteiger partial charge >= 0.3 is 0 Å². The van der Waals surface area contributed by atoms with Crippen LogP contribution >= 0.6 is 0 Å². The lowest BCUT2D eigenvalue weighted by Crippen LogP contribution is -2.30. The number of ether oxygens (including phenoxy) is 1. The van der Waals surface area contributed by atoms with Gasteiger partial charge in [0.05, 0.1) is 18.7 Å². The van der Waals surface area contributed by atoms with Gasteiger partial charge in [0, 0.05) is 19.3 Å². The molecule has 0 aliphatic carbocycles. The second-order valence-corrected chi connectivity index (χ2v) is 4.81. The quantitative estimate of drug-likeness (QED) is 0.937. The Bertz CT molecular complexity index is 656. The number of methoxy groups -OCH3 is 1. The molecular formula is C16H18N2O3. The van der Waals surface area contributed by atoms with E-state index in [-0.39, 0.29) is 17.5 Å². The van der Waals surface area contributed by atoms with E-state index in [0.29, 0.717) is 5.56 Å². The Morgan fingerprint density at radius 1 is 1.19 bits per heavy atom. The zero-order valence-corrected chi connectivity index (χ0v) is 12.3. The Labute approximate surface area is 123 Å². The molecule has 0 spiro atoms. The average molecular weight is 286 g/mol. The molecule has 2 rings (SSSR count). The minimum atomic E-state index is -0.225. The van der Waals surface area contributed by atoms with Gasteiger partial charge < -0.3 is 14.6 Å². The highest BCUT2D eigenvalue weighted by molar-refractivity contribution is 5.93. The van der Waals surface area contributed by atoms with Gasteiger partial charge in [0.15, 0.2) is 0 Å². The number of nitrogens with zero attached hydrogens (tertiary/aromatic N) is 1. The summed E-state index contributed by atoms with van der Waals surface area (Å²) in [5.74, 6) is 0.634. The molecule has 0 aliphatic heterocycles. The molecule has 0 bridgehead atoms. The number of carbonyl (C=O) groups excluding carboxylic acids is 1. The Morgan fingerprint density at radius 2 is 1.86 bits per heavy atom. The number of nitrogens with one attached hydrogen (secondary N) is 1. The summed E-state index contributed by atoms with van der Waals surface area (Å²) in [7, 11) is 3.35. The van der Waals surface area contributed by atoms with Crippen molar-refractivity contribution in [2.75, 3.05) is 14.2 Å². The molecule has 1 aromatic carbocycles. The predicted octanol–water partition coefficient (Wildman–Crippen LogP) is 2.22. The largest absolute Gasteiger partial charge is 0.497 e. The van der Waals surface area contributed by atoms with Crippen LogP contribution in [0.2, 0.25) is 0 Å². The fourth-order valence-corrected chi connectivity index (χ4v) is 2.03. The van der Waals surface area contributed by atoms with E-state index >= 15 is 0 Å². The van der Waals surface area contributed by atoms with Gasteiger partial charge in [-0.1, -0.05) is 12.1 Å². The Balaban J connectivity index is 2.17. The molecule has 1 atom stereocenters. The molecule has 1 heterocycles. The van der Waals surface area contributed by atoms with E-state index in [1.165, 1.54) is 18.3 Å². The fourth-order valence-electron chi connectivity index (χ4n) is 2.03. The number of hydrogen-bond acceptors (Lipinski definition) is 3. The molecule has 5 heteroatoms. The molecule has 0 aliphatic rings. The summed E-state index contributed by atoms with van der Waals surface area (Å²) in [5.41, 5.74) is 1.24. The lowest BCUT2D eigenvalue weighted by molar-refractivity contribution is 0.0742. The number of rotatable bonds is 4. The third kappa shape index (κ3) is 3.31. The van der Waals surface area contributed by atoms with Gasteiger partial charge in [0.1, 0.15) is 5.75 Å². The van der Waals surface area contributed by atoms with E-state index in [9.17, 15) is 9.59 Å². The molecule has 21 heavy (non-hydrogen) atoms. The molecule has 1 unspecified atom stereocenters. The molecule has 110 valence electrons. The SMILES string of the molecule is COc1ccc(C(C)N(C)C(=O)c2ccc(=O)[nH]c2)cc1. The first-order valence-electron chi connectivity index (χ1n) is 6.63. The lowest BCUT2D eigenvalue weighted by Gasteiger charge is -2.25. The summed E-state index contributed by atoms with van der Waals surface area (Å²) in [4.78, 5) is 27.6. The van der Waals surface area contributed by atoms with Gasteiger partial charge in [-0.2, -0.15) is 0 Å². The third-order valence-electron chi connectivity index (χ3n) is 3.53. The van der Waals surface area contributed by atoms with Gasteiger partial charge in [-0.3, -0.25) is 9.59 Å². The highest BCUT2D eigenvalue weighted by Crippen LogP contribution is 2.22. The number of aromatic nitrogens is 1. The second kappa shape index (κ2) is 6.26. The maximum atomic E-state index is 12.4. The first kappa shape index (κ1) is 14.8. The predicted molar refractivity (Wildman–Crippen MR) is 80.6 cm³/mol. The van der Waals surface area contributed by atoms with Gasteiger partial charge in [-0.25, -0.2) is 0 Å². The van der Waals surface area contributed by atoms with Crippen LogP contribution in [-0.2, 0) is 0 Å². The zero-order chi connectivity index (χ0) is 15.4. The van der Waals surface area contributed by atoms with Crippen molar-refractivity contribution in [2.24, 2.45) is 0 Å². The smallest absolute Gasteiger partial charge is 0.255 e. The van der Waals surface area contributed by atoms with E-state index in [2.05, 4.69) is 4.98 Å². The number of hydrogen-bond donors (Lipinski definition) is 1. The van der Waals surface area contributed by atoms with Crippen LogP contribution in [0.25, 0.3) is 0 Å². The molecule has 1 aromatic heterocycles. The summed E-state index contributed by atoms with van der Waals surface area (Å²) >= 11 is 0. The van der Waals surface area contributed by atoms with Crippen LogP contribution in [0.3, 0.4) is 0 Å². The molecule has 5 nitrogen and oxygen atoms in total. The number of pyridine rings is 1. The molecule has 0 fully saturated rings. The van der Waals surface area contributed by atoms with Gasteiger partial charge in [-0.05, 0) is 30.7 Å². The monoisotopic (exact) mass is 286 g/mol. The van der Waals surface area contributed by atoms with Crippen molar-refractivity contribution in [3.8, 4) is 5.75 Å². The van der Waals surface area contributed by atoms with Crippen LogP contribution in [0.15, 0.2) is 47.4 Å². The van der Waals surface area contributed by atoms with E-state index in [1.54, 1.807) is 19.1 Å². The van der Waals surface area contributed by atoms with Crippen molar-refractivity contribution in [1.82, 2.24) is 9.88 Å². The number of aromatic amines is 1. The Hall–Kier alpha value is -2.56. The van der Waals surface area contributed by atoms with E-state index in [1.807, 2.05) is 31.2 Å². The van der Waals surface area contributed by atoms with Crippen LogP contribution in [-0.4, -0.2) is 29.9 Å². The average Bonchev–Trinajstić information content (AvgIpc) is 2.53. The summed E-state index contributed by atoms with van der Waals surface area (Å²) in [5, 5.41) is 0. The normalized spacial score (nSPS) is 11.8. The van der Waals surface area contributed by atoms with Crippen LogP contribution in [0.1, 0.15) is 28.9 Å². The van der Waals surface area contributed by atoms with Crippen LogP contribution in [0.4, 0.5) is 0 Å². The number of carbonyl (C=O) groups is 1. The van der Waals surface area contributed by atoms with Crippen LogP contribution in [0, 0.1) is 0 Å². The molecule has 1 amide bonds. The first-order chi connectivity index (χ1) is 10.0. The molecule has 0 saturated carbocycles. The molecule has 2 aromatic rings. The Morgan fingerprint density at radius 3 is 2.38 bits per heavy atom. The van der Waals surface area contributed by atoms with Crippen LogP contribution < -0.4 is 10.3 Å². The minimum absolute atomic E-state index is 0.0877. The summed E-state index contributed by atoms with van der Waals surface area (Å²) in [6.45, 7) is 1.95. The molecule has 0 saturated heterocycles. The van der Waals surface area contributed by atoms with Crippen molar-refractivity contribution in [3.05, 3.63) is 64.1 Å². The van der Waals surface area contributed by atoms with Crippen molar-refractivity contribution in [3.63, 3.8) is 0 Å². The van der Waals surface area contributed by atoms with Crippen molar-refractivity contribution in [2.45, 2.75) is 13.0 Å². The van der Waals surface area contributed by atoms with Gasteiger partial charge in [0.25, 0.3) is 5.91 Å². The summed E-state index contributed by atoms with van der Waals surface area (Å²) in [6, 6.07) is 10.4. The molecule has 0 radical (unpaired) electrons. The lowest BCUT2D eigenvalue weighted by atomic mass is 10.1. The zero-order valence-electron chi connectivity index (χ0n) is 12.3. The number of H-pyrrole nitrogens is 1. The fraction of sp³-hybridized carbons (Fsp3) is 0.250. The van der Waals surface area contributed by atoms with E-state index < -0.39 is 0 Å². The topological polar surface area (TPSA) is 62.4 Å². The highest BCUT2D eigenvalue weighted by Gasteiger charge is 2.19. The van der Waals surface area contributed by atoms with Gasteiger partial charge in [-0.15, -0.1) is 0 Å². The second-order valence-electron chi connectivity index (χ2n) is 4.81. The summed E-state index contributed by atoms with van der Waals surface area (Å²) < 4.78 is 5.12. The number of amides is 1. The first-order valence-corrected chi connectivity index (χ1v) is 6.63. The van der Waals surface area contributed by atoms with Crippen molar-refractivity contribution in [1.29, 1.82) is 0 Å². The summed E-state index contributed by atoms with van der Waals surface area (Å²) in [6.07, 6.45) is 1.43. The highest BCUT2D eigenvalue weighted by atomic mass is 16.5. The number of benzene rings is 1. The maximum Gasteiger partial charge on any atom is 0.255 e. The molecule has 1 N–H and O–H groups in total. The van der Waals surface area contributed by atoms with E-state index in [0.717, 1.165) is 11.3 Å². The van der Waals surface area contributed by atoms with Gasteiger partial charge in [0.2, 0.25) is 5.56 Å². The van der Waals surface area contributed by atoms with Crippen molar-refractivity contribution >= 4 is 5.91 Å². The van der Waals surface area contributed by atoms with Crippen molar-refractivity contribution < 1.29 is 9.53 Å². The standard InChI is InChI=1S/C16H18N2O3/c1-11(12-4-7-14(21-3)8-5-12)18(2)16(20)13-6-9-15(19)17-10-13/h4-11H,1-3H3,(H,17,19). The molecular weight excluding hydrogens is 268 g/mol. The minimum Gasteiger partial charge on any atom is -0.497 e. The maximum absolute atomic E-state index is 12.4.